The first-order valence-electron chi connectivity index (χ1n) is 10.5. The highest BCUT2D eigenvalue weighted by Gasteiger charge is 2.18. The fourth-order valence-corrected chi connectivity index (χ4v) is 4.22. The average molecular weight is 400 g/mol. The Labute approximate surface area is 175 Å². The molecule has 4 nitrogen and oxygen atoms in total. The van der Waals surface area contributed by atoms with E-state index in [1.165, 1.54) is 0 Å². The predicted octanol–water partition coefficient (Wildman–Crippen LogP) is 6.40. The Morgan fingerprint density at radius 2 is 0.967 bits per heavy atom. The molecule has 0 fully saturated rings. The molecule has 4 heteroatoms. The molecular formula is C26H24O4. The van der Waals surface area contributed by atoms with Gasteiger partial charge in [0.2, 0.25) is 0 Å². The van der Waals surface area contributed by atoms with E-state index in [4.69, 9.17) is 9.47 Å². The number of hydrogen-bond acceptors (Lipinski definition) is 4. The van der Waals surface area contributed by atoms with Crippen molar-refractivity contribution in [1.82, 2.24) is 0 Å². The van der Waals surface area contributed by atoms with Crippen LogP contribution in [0.1, 0.15) is 25.7 Å². The van der Waals surface area contributed by atoms with Gasteiger partial charge in [-0.1, -0.05) is 24.3 Å². The highest BCUT2D eigenvalue weighted by atomic mass is 16.5. The minimum absolute atomic E-state index is 0.120. The molecule has 4 aromatic rings. The van der Waals surface area contributed by atoms with Crippen LogP contribution in [0.15, 0.2) is 60.7 Å². The van der Waals surface area contributed by atoms with Crippen LogP contribution in [0.25, 0.3) is 32.7 Å². The van der Waals surface area contributed by atoms with Crippen molar-refractivity contribution in [3.8, 4) is 34.1 Å². The second-order valence-electron chi connectivity index (χ2n) is 7.80. The van der Waals surface area contributed by atoms with Gasteiger partial charge in [-0.15, -0.1) is 0 Å². The van der Waals surface area contributed by atoms with E-state index in [9.17, 15) is 10.2 Å². The zero-order valence-electron chi connectivity index (χ0n) is 16.7. The minimum atomic E-state index is 0.120. The molecule has 0 saturated carbocycles. The molecule has 0 saturated heterocycles. The number of ether oxygens (including phenoxy) is 2. The van der Waals surface area contributed by atoms with Gasteiger partial charge in [0.1, 0.15) is 23.0 Å². The van der Waals surface area contributed by atoms with E-state index >= 15 is 0 Å². The van der Waals surface area contributed by atoms with Crippen molar-refractivity contribution in [1.29, 1.82) is 0 Å². The summed E-state index contributed by atoms with van der Waals surface area (Å²) in [6, 6.07) is 18.9. The Morgan fingerprint density at radius 3 is 1.43 bits per heavy atom. The molecule has 1 heterocycles. The van der Waals surface area contributed by atoms with Crippen molar-refractivity contribution in [2.45, 2.75) is 25.7 Å². The first kappa shape index (κ1) is 18.6. The third kappa shape index (κ3) is 3.39. The van der Waals surface area contributed by atoms with Gasteiger partial charge in [0.05, 0.1) is 13.2 Å². The molecule has 4 aromatic carbocycles. The second kappa shape index (κ2) is 7.79. The maximum Gasteiger partial charge on any atom is 0.124 e. The molecule has 2 N–H and O–H groups in total. The summed E-state index contributed by atoms with van der Waals surface area (Å²) in [6.45, 7) is 1.31. The van der Waals surface area contributed by atoms with Crippen LogP contribution in [0.4, 0.5) is 0 Å². The van der Waals surface area contributed by atoms with Crippen molar-refractivity contribution >= 4 is 21.5 Å². The van der Waals surface area contributed by atoms with Crippen LogP contribution in [0.5, 0.6) is 23.0 Å². The van der Waals surface area contributed by atoms with Crippen LogP contribution in [0.3, 0.4) is 0 Å². The SMILES string of the molecule is Oc1ccc2ccc3cc2c1-c1c(O)ccc2ccc(cc12)OCCCCCCO3. The summed E-state index contributed by atoms with van der Waals surface area (Å²) in [5, 5.41) is 25.3. The van der Waals surface area contributed by atoms with Gasteiger partial charge in [0.15, 0.2) is 0 Å². The van der Waals surface area contributed by atoms with Crippen molar-refractivity contribution in [3.05, 3.63) is 60.7 Å². The summed E-state index contributed by atoms with van der Waals surface area (Å²) < 4.78 is 12.0. The van der Waals surface area contributed by atoms with Crippen LogP contribution in [-0.2, 0) is 0 Å². The third-order valence-corrected chi connectivity index (χ3v) is 5.77. The summed E-state index contributed by atoms with van der Waals surface area (Å²) >= 11 is 0. The van der Waals surface area contributed by atoms with Gasteiger partial charge in [-0.2, -0.15) is 0 Å². The first-order chi connectivity index (χ1) is 14.7. The number of hydrogen-bond donors (Lipinski definition) is 2. The van der Waals surface area contributed by atoms with Gasteiger partial charge in [-0.05, 0) is 83.6 Å². The van der Waals surface area contributed by atoms with E-state index in [2.05, 4.69) is 0 Å². The van der Waals surface area contributed by atoms with Gasteiger partial charge >= 0.3 is 0 Å². The zero-order chi connectivity index (χ0) is 20.5. The Bertz CT molecular complexity index is 1130. The molecule has 0 aromatic heterocycles. The second-order valence-corrected chi connectivity index (χ2v) is 7.80. The summed E-state index contributed by atoms with van der Waals surface area (Å²) in [6.07, 6.45) is 4.17. The fourth-order valence-electron chi connectivity index (χ4n) is 4.22. The highest BCUT2D eigenvalue weighted by Crippen LogP contribution is 2.45. The van der Waals surface area contributed by atoms with Gasteiger partial charge in [0, 0.05) is 11.1 Å². The van der Waals surface area contributed by atoms with Crippen molar-refractivity contribution < 1.29 is 19.7 Å². The molecule has 0 amide bonds. The molecule has 0 atom stereocenters. The molecule has 5 rings (SSSR count). The fraction of sp³-hybridized carbons (Fsp3) is 0.231. The smallest absolute Gasteiger partial charge is 0.124 e. The largest absolute Gasteiger partial charge is 0.507 e. The molecule has 0 aliphatic carbocycles. The summed E-state index contributed by atoms with van der Waals surface area (Å²) in [5.41, 5.74) is 1.20. The monoisotopic (exact) mass is 400 g/mol. The van der Waals surface area contributed by atoms with E-state index < -0.39 is 0 Å². The van der Waals surface area contributed by atoms with Crippen LogP contribution in [0, 0.1) is 0 Å². The molecule has 0 spiro atoms. The van der Waals surface area contributed by atoms with E-state index in [0.29, 0.717) is 24.3 Å². The van der Waals surface area contributed by atoms with E-state index in [-0.39, 0.29) is 11.5 Å². The van der Waals surface area contributed by atoms with Crippen molar-refractivity contribution in [2.24, 2.45) is 0 Å². The zero-order valence-corrected chi connectivity index (χ0v) is 16.7. The first-order valence-corrected chi connectivity index (χ1v) is 10.5. The van der Waals surface area contributed by atoms with Gasteiger partial charge < -0.3 is 19.7 Å². The normalized spacial score (nSPS) is 14.7. The number of fused-ring (bicyclic) bond motifs is 3. The summed E-state index contributed by atoms with van der Waals surface area (Å²) in [5.74, 6) is 1.78. The van der Waals surface area contributed by atoms with Gasteiger partial charge in [-0.25, -0.2) is 0 Å². The highest BCUT2D eigenvalue weighted by molar-refractivity contribution is 6.10. The van der Waals surface area contributed by atoms with Crippen LogP contribution in [-0.4, -0.2) is 23.4 Å². The predicted molar refractivity (Wildman–Crippen MR) is 120 cm³/mol. The quantitative estimate of drug-likeness (QED) is 0.358. The average Bonchev–Trinajstić information content (AvgIpc) is 2.75. The Kier molecular flexibility index (Phi) is 4.83. The third-order valence-electron chi connectivity index (χ3n) is 5.77. The lowest BCUT2D eigenvalue weighted by atomic mass is 9.92. The Balaban J connectivity index is 1.81. The van der Waals surface area contributed by atoms with Crippen molar-refractivity contribution in [2.75, 3.05) is 13.2 Å². The lowest BCUT2D eigenvalue weighted by Crippen LogP contribution is -2.00. The number of phenols is 2. The number of phenolic OH excluding ortho intramolecular Hbond substituents is 2. The standard InChI is InChI=1S/C26H24O4/c27-23-11-7-17-5-9-19-15-21(17)25(23)26-22-16-20(10-6-18(22)8-12-24(26)28)30-14-4-2-1-3-13-29-19/h5-12,15-16,27-28H,1-4,13-14H2. The maximum atomic E-state index is 10.8. The number of rotatable bonds is 0. The topological polar surface area (TPSA) is 58.9 Å². The molecule has 30 heavy (non-hydrogen) atoms. The Hall–Kier alpha value is -3.40. The van der Waals surface area contributed by atoms with Gasteiger partial charge in [-0.3, -0.25) is 0 Å². The molecule has 4 bridgehead atoms. The molecular weight excluding hydrogens is 376 g/mol. The van der Waals surface area contributed by atoms with E-state index in [0.717, 1.165) is 58.7 Å². The molecule has 1 aliphatic heterocycles. The number of benzene rings is 4. The summed E-state index contributed by atoms with van der Waals surface area (Å²) in [4.78, 5) is 0. The minimum Gasteiger partial charge on any atom is -0.507 e. The molecule has 0 unspecified atom stereocenters. The lowest BCUT2D eigenvalue weighted by Gasteiger charge is -2.16. The van der Waals surface area contributed by atoms with Gasteiger partial charge in [0.25, 0.3) is 0 Å². The molecule has 152 valence electrons. The van der Waals surface area contributed by atoms with Crippen LogP contribution in [0.2, 0.25) is 0 Å². The van der Waals surface area contributed by atoms with E-state index in [1.807, 2.05) is 48.5 Å². The lowest BCUT2D eigenvalue weighted by molar-refractivity contribution is 0.288. The van der Waals surface area contributed by atoms with Crippen LogP contribution < -0.4 is 9.47 Å². The van der Waals surface area contributed by atoms with Crippen molar-refractivity contribution in [3.63, 3.8) is 0 Å². The molecule has 0 radical (unpaired) electrons. The molecule has 1 aliphatic rings. The summed E-state index contributed by atoms with van der Waals surface area (Å²) in [7, 11) is 0. The number of aromatic hydroxyl groups is 2. The van der Waals surface area contributed by atoms with Crippen LogP contribution >= 0.6 is 0 Å². The Morgan fingerprint density at radius 1 is 0.533 bits per heavy atom. The maximum absolute atomic E-state index is 10.8. The van der Waals surface area contributed by atoms with E-state index in [1.54, 1.807) is 12.1 Å².